The van der Waals surface area contributed by atoms with Crippen molar-refractivity contribution in [3.05, 3.63) is 71.5 Å². The summed E-state index contributed by atoms with van der Waals surface area (Å²) in [5, 5.41) is 12.3. The topological polar surface area (TPSA) is 95.4 Å². The van der Waals surface area contributed by atoms with Crippen LogP contribution in [0.5, 0.6) is 0 Å². The Balaban J connectivity index is 1.47. The standard InChI is InChI=1S/C21H20N4O3/c26-13-19(21(28)25-10-9-14-5-1-2-6-15(14)12-25)24-20(27)18-11-22-16-7-3-4-8-17(16)23-18/h1-8,11,19,26H,9-10,12-13H2,(H,24,27). The molecule has 0 aliphatic carbocycles. The van der Waals surface area contributed by atoms with Crippen molar-refractivity contribution in [3.8, 4) is 0 Å². The average molecular weight is 376 g/mol. The van der Waals surface area contributed by atoms with Gasteiger partial charge in [0.05, 0.1) is 23.8 Å². The maximum atomic E-state index is 12.8. The minimum atomic E-state index is -1.02. The highest BCUT2D eigenvalue weighted by Gasteiger charge is 2.28. The summed E-state index contributed by atoms with van der Waals surface area (Å²) in [5.41, 5.74) is 3.69. The van der Waals surface area contributed by atoms with Crippen LogP contribution in [-0.4, -0.2) is 51.0 Å². The molecule has 1 aliphatic heterocycles. The molecule has 0 bridgehead atoms. The molecule has 2 amide bonds. The normalized spacial score (nSPS) is 14.4. The van der Waals surface area contributed by atoms with E-state index in [0.717, 1.165) is 12.0 Å². The minimum Gasteiger partial charge on any atom is -0.394 e. The van der Waals surface area contributed by atoms with Crippen LogP contribution >= 0.6 is 0 Å². The number of aliphatic hydroxyl groups excluding tert-OH is 1. The molecule has 2 heterocycles. The van der Waals surface area contributed by atoms with Gasteiger partial charge in [-0.25, -0.2) is 4.98 Å². The highest BCUT2D eigenvalue weighted by Crippen LogP contribution is 2.19. The van der Waals surface area contributed by atoms with Crippen molar-refractivity contribution in [2.75, 3.05) is 13.2 Å². The summed E-state index contributed by atoms with van der Waals surface area (Å²) in [6, 6.07) is 14.2. The van der Waals surface area contributed by atoms with Gasteiger partial charge in [0, 0.05) is 13.1 Å². The van der Waals surface area contributed by atoms with Crippen molar-refractivity contribution in [3.63, 3.8) is 0 Å². The van der Waals surface area contributed by atoms with Gasteiger partial charge in [-0.15, -0.1) is 0 Å². The molecule has 3 aromatic rings. The van der Waals surface area contributed by atoms with E-state index in [0.29, 0.717) is 24.1 Å². The third kappa shape index (κ3) is 3.57. The lowest BCUT2D eigenvalue weighted by Gasteiger charge is -2.31. The van der Waals surface area contributed by atoms with E-state index in [1.165, 1.54) is 11.8 Å². The van der Waals surface area contributed by atoms with Crippen molar-refractivity contribution in [1.82, 2.24) is 20.2 Å². The molecule has 0 radical (unpaired) electrons. The van der Waals surface area contributed by atoms with E-state index in [1.54, 1.807) is 17.0 Å². The fourth-order valence-electron chi connectivity index (χ4n) is 3.39. The molecule has 28 heavy (non-hydrogen) atoms. The second-order valence-electron chi connectivity index (χ2n) is 6.73. The molecular weight excluding hydrogens is 356 g/mol. The molecule has 0 saturated carbocycles. The van der Waals surface area contributed by atoms with E-state index in [1.807, 2.05) is 30.3 Å². The number of carbonyl (C=O) groups excluding carboxylic acids is 2. The first kappa shape index (κ1) is 18.1. The fourth-order valence-corrected chi connectivity index (χ4v) is 3.39. The largest absolute Gasteiger partial charge is 0.394 e. The van der Waals surface area contributed by atoms with E-state index in [9.17, 15) is 14.7 Å². The predicted octanol–water partition coefficient (Wildman–Crippen LogP) is 1.31. The van der Waals surface area contributed by atoms with Gasteiger partial charge in [-0.05, 0) is 29.7 Å². The zero-order chi connectivity index (χ0) is 19.5. The first-order valence-corrected chi connectivity index (χ1v) is 9.15. The van der Waals surface area contributed by atoms with Crippen molar-refractivity contribution >= 4 is 22.8 Å². The monoisotopic (exact) mass is 376 g/mol. The number of benzene rings is 2. The molecule has 2 aromatic carbocycles. The summed E-state index contributed by atoms with van der Waals surface area (Å²) in [4.78, 5) is 35.5. The molecule has 7 nitrogen and oxygen atoms in total. The second-order valence-corrected chi connectivity index (χ2v) is 6.73. The van der Waals surface area contributed by atoms with Gasteiger partial charge < -0.3 is 15.3 Å². The fraction of sp³-hybridized carbons (Fsp3) is 0.238. The van der Waals surface area contributed by atoms with Crippen LogP contribution in [-0.2, 0) is 17.8 Å². The van der Waals surface area contributed by atoms with Gasteiger partial charge >= 0.3 is 0 Å². The first-order chi connectivity index (χ1) is 13.7. The second kappa shape index (κ2) is 7.74. The molecule has 1 atom stereocenters. The van der Waals surface area contributed by atoms with Crippen LogP contribution in [0.25, 0.3) is 11.0 Å². The number of para-hydroxylation sites is 2. The summed E-state index contributed by atoms with van der Waals surface area (Å²) in [7, 11) is 0. The molecule has 1 unspecified atom stereocenters. The minimum absolute atomic E-state index is 0.105. The molecular formula is C21H20N4O3. The number of rotatable bonds is 4. The maximum Gasteiger partial charge on any atom is 0.272 e. The Kier molecular flexibility index (Phi) is 4.99. The zero-order valence-corrected chi connectivity index (χ0v) is 15.2. The van der Waals surface area contributed by atoms with Gasteiger partial charge in [-0.1, -0.05) is 36.4 Å². The number of nitrogens with zero attached hydrogens (tertiary/aromatic N) is 3. The summed E-state index contributed by atoms with van der Waals surface area (Å²) < 4.78 is 0. The van der Waals surface area contributed by atoms with E-state index >= 15 is 0 Å². The smallest absolute Gasteiger partial charge is 0.272 e. The molecule has 4 rings (SSSR count). The Hall–Kier alpha value is -3.32. The SMILES string of the molecule is O=C(NC(CO)C(=O)N1CCc2ccccc2C1)c1cnc2ccccc2n1. The third-order valence-electron chi connectivity index (χ3n) is 4.91. The average Bonchev–Trinajstić information content (AvgIpc) is 2.76. The number of amides is 2. The Labute approximate surface area is 162 Å². The van der Waals surface area contributed by atoms with Crippen LogP contribution in [0.2, 0.25) is 0 Å². The van der Waals surface area contributed by atoms with Crippen molar-refractivity contribution in [2.24, 2.45) is 0 Å². The van der Waals surface area contributed by atoms with Crippen LogP contribution in [0.3, 0.4) is 0 Å². The molecule has 1 aliphatic rings. The highest BCUT2D eigenvalue weighted by atomic mass is 16.3. The number of aromatic nitrogens is 2. The van der Waals surface area contributed by atoms with Crippen molar-refractivity contribution in [2.45, 2.75) is 19.0 Å². The molecule has 142 valence electrons. The Morgan fingerprint density at radius 1 is 1.07 bits per heavy atom. The lowest BCUT2D eigenvalue weighted by molar-refractivity contribution is -0.135. The molecule has 2 N–H and O–H groups in total. The predicted molar refractivity (Wildman–Crippen MR) is 103 cm³/mol. The van der Waals surface area contributed by atoms with E-state index < -0.39 is 18.6 Å². The van der Waals surface area contributed by atoms with Gasteiger partial charge in [0.25, 0.3) is 5.91 Å². The summed E-state index contributed by atoms with van der Waals surface area (Å²) in [6.07, 6.45) is 2.12. The lowest BCUT2D eigenvalue weighted by atomic mass is 9.99. The lowest BCUT2D eigenvalue weighted by Crippen LogP contribution is -2.51. The maximum absolute atomic E-state index is 12.8. The summed E-state index contributed by atoms with van der Waals surface area (Å²) in [6.45, 7) is 0.541. The summed E-state index contributed by atoms with van der Waals surface area (Å²) >= 11 is 0. The van der Waals surface area contributed by atoms with Crippen molar-refractivity contribution in [1.29, 1.82) is 0 Å². The van der Waals surface area contributed by atoms with Crippen LogP contribution in [0, 0.1) is 0 Å². The van der Waals surface area contributed by atoms with Crippen LogP contribution in [0.15, 0.2) is 54.7 Å². The Bertz CT molecular complexity index is 1040. The van der Waals surface area contributed by atoms with Gasteiger partial charge in [0.1, 0.15) is 11.7 Å². The molecule has 0 fully saturated rings. The number of carbonyl (C=O) groups is 2. The van der Waals surface area contributed by atoms with E-state index in [4.69, 9.17) is 0 Å². The van der Waals surface area contributed by atoms with Crippen LogP contribution < -0.4 is 5.32 Å². The van der Waals surface area contributed by atoms with Gasteiger partial charge in [-0.2, -0.15) is 0 Å². The van der Waals surface area contributed by atoms with Crippen molar-refractivity contribution < 1.29 is 14.7 Å². The van der Waals surface area contributed by atoms with Gasteiger partial charge in [-0.3, -0.25) is 14.6 Å². The van der Waals surface area contributed by atoms with Gasteiger partial charge in [0.15, 0.2) is 0 Å². The summed E-state index contributed by atoms with van der Waals surface area (Å²) in [5.74, 6) is -0.845. The van der Waals surface area contributed by atoms with E-state index in [2.05, 4.69) is 21.4 Å². The number of fused-ring (bicyclic) bond motifs is 2. The number of nitrogens with one attached hydrogen (secondary N) is 1. The Morgan fingerprint density at radius 3 is 2.57 bits per heavy atom. The molecule has 0 spiro atoms. The Morgan fingerprint density at radius 2 is 1.79 bits per heavy atom. The molecule has 0 saturated heterocycles. The number of hydrogen-bond acceptors (Lipinski definition) is 5. The highest BCUT2D eigenvalue weighted by molar-refractivity contribution is 5.97. The molecule has 7 heteroatoms. The number of hydrogen-bond donors (Lipinski definition) is 2. The van der Waals surface area contributed by atoms with Crippen LogP contribution in [0.4, 0.5) is 0 Å². The van der Waals surface area contributed by atoms with Crippen LogP contribution in [0.1, 0.15) is 21.6 Å². The van der Waals surface area contributed by atoms with Gasteiger partial charge in [0.2, 0.25) is 5.91 Å². The van der Waals surface area contributed by atoms with E-state index in [-0.39, 0.29) is 11.6 Å². The first-order valence-electron chi connectivity index (χ1n) is 9.15. The zero-order valence-electron chi connectivity index (χ0n) is 15.2. The molecule has 1 aromatic heterocycles. The quantitative estimate of drug-likeness (QED) is 0.716. The third-order valence-corrected chi connectivity index (χ3v) is 4.91. The number of aliphatic hydroxyl groups is 1.